The van der Waals surface area contributed by atoms with Gasteiger partial charge < -0.3 is 24.6 Å². The Hall–Kier alpha value is -6.93. The molecular formula is C52H49FN4O11S3. The number of carboxylic acids is 1. The van der Waals surface area contributed by atoms with Crippen LogP contribution in [0.25, 0.3) is 10.8 Å². The van der Waals surface area contributed by atoms with Crippen molar-refractivity contribution in [2.75, 3.05) is 23.8 Å². The number of hydrogen-bond acceptors (Lipinski definition) is 13. The summed E-state index contributed by atoms with van der Waals surface area (Å²) in [5, 5.41) is 20.8. The summed E-state index contributed by atoms with van der Waals surface area (Å²) in [5.74, 6) is -3.64. The molecule has 368 valence electrons. The van der Waals surface area contributed by atoms with Crippen LogP contribution in [-0.4, -0.2) is 79.4 Å². The highest BCUT2D eigenvalue weighted by atomic mass is 32.2. The third-order valence-electron chi connectivity index (χ3n) is 12.1. The molecule has 5 aromatic carbocycles. The third-order valence-corrected chi connectivity index (χ3v) is 15.8. The van der Waals surface area contributed by atoms with Crippen LogP contribution in [0.15, 0.2) is 146 Å². The summed E-state index contributed by atoms with van der Waals surface area (Å²) in [6, 6.07) is 27.3. The number of aliphatic carboxylic acids is 1. The predicted molar refractivity (Wildman–Crippen MR) is 266 cm³/mol. The molecule has 8 rings (SSSR count). The number of carbonyl (C=O) groups excluding carboxylic acids is 2. The van der Waals surface area contributed by atoms with Crippen molar-refractivity contribution >= 4 is 71.7 Å². The predicted octanol–water partition coefficient (Wildman–Crippen LogP) is 9.40. The van der Waals surface area contributed by atoms with Crippen molar-refractivity contribution in [3.05, 3.63) is 161 Å². The molecule has 0 spiro atoms. The highest BCUT2D eigenvalue weighted by Crippen LogP contribution is 2.42. The van der Waals surface area contributed by atoms with E-state index < -0.39 is 49.3 Å². The number of benzene rings is 5. The molecule has 0 radical (unpaired) electrons. The van der Waals surface area contributed by atoms with Gasteiger partial charge in [0, 0.05) is 29.1 Å². The maximum absolute atomic E-state index is 14.3. The summed E-state index contributed by atoms with van der Waals surface area (Å²) in [5.41, 5.74) is 2.22. The third kappa shape index (κ3) is 12.2. The van der Waals surface area contributed by atoms with Gasteiger partial charge in [-0.25, -0.2) is 12.8 Å². The van der Waals surface area contributed by atoms with Gasteiger partial charge in [0.25, 0.3) is 20.0 Å². The van der Waals surface area contributed by atoms with Crippen LogP contribution in [0.3, 0.4) is 0 Å². The Kier molecular flexibility index (Phi) is 15.6. The fourth-order valence-corrected chi connectivity index (χ4v) is 11.3. The lowest BCUT2D eigenvalue weighted by atomic mass is 9.84. The number of fused-ring (bicyclic) bond motifs is 2. The van der Waals surface area contributed by atoms with E-state index >= 15 is 0 Å². The lowest BCUT2D eigenvalue weighted by Gasteiger charge is -2.28. The van der Waals surface area contributed by atoms with Crippen LogP contribution >= 0.6 is 11.8 Å². The minimum atomic E-state index is -4.34. The van der Waals surface area contributed by atoms with Gasteiger partial charge in [-0.3, -0.25) is 24.1 Å². The second-order valence-electron chi connectivity index (χ2n) is 17.0. The van der Waals surface area contributed by atoms with E-state index in [0.717, 1.165) is 55.0 Å². The fraction of sp³-hybridized carbons (Fsp3) is 0.250. The Morgan fingerprint density at radius 1 is 0.887 bits per heavy atom. The van der Waals surface area contributed by atoms with Gasteiger partial charge in [0.1, 0.15) is 29.7 Å². The van der Waals surface area contributed by atoms with Gasteiger partial charge in [-0.2, -0.15) is 12.8 Å². The van der Waals surface area contributed by atoms with E-state index in [1.54, 1.807) is 42.5 Å². The number of halogens is 1. The number of sulfonamides is 2. The molecule has 1 saturated carbocycles. The second kappa shape index (κ2) is 22.0. The highest BCUT2D eigenvalue weighted by Gasteiger charge is 2.32. The standard InChI is InChI=1S/C52H49FN4O11S3/c1-2-33-16-19-39(20-17-33)70(63,64)56-45-29-47(69-31-48(58)59)51(61)41-21-18-38(27-43(41)45)68-49(60)22-24-57(32-67-30-34-9-6-13-37(53)25-34)46-28-44(42-15-8-23-54-50(42)52(46)62)55-71(65,66)40-14-7-12-36(26-40)35-10-4-3-5-11-35/h6-9,12-21,23,25-29,35,56,61H,2-5,10-11,22,24,30-32H2,1H3,(H,58,59). The van der Waals surface area contributed by atoms with Crippen LogP contribution in [0.2, 0.25) is 0 Å². The summed E-state index contributed by atoms with van der Waals surface area (Å²) in [6.07, 6.45) is 8.18. The number of phenols is 1. The van der Waals surface area contributed by atoms with Gasteiger partial charge in [0.05, 0.1) is 50.6 Å². The maximum atomic E-state index is 14.3. The van der Waals surface area contributed by atoms with Gasteiger partial charge in [-0.15, -0.1) is 11.8 Å². The Balaban J connectivity index is 1.09. The molecule has 0 atom stereocenters. The van der Waals surface area contributed by atoms with Crippen LogP contribution in [-0.2, 0) is 47.4 Å². The quantitative estimate of drug-likeness (QED) is 0.0226. The van der Waals surface area contributed by atoms with Crippen molar-refractivity contribution in [2.24, 2.45) is 4.40 Å². The number of aryl methyl sites for hydroxylation is 1. The van der Waals surface area contributed by atoms with Gasteiger partial charge in [-0.1, -0.05) is 62.6 Å². The average molecular weight is 1020 g/mol. The molecule has 0 bridgehead atoms. The number of ether oxygens (including phenoxy) is 2. The molecule has 1 aromatic heterocycles. The summed E-state index contributed by atoms with van der Waals surface area (Å²) in [4.78, 5) is 45.2. The minimum Gasteiger partial charge on any atom is -0.506 e. The van der Waals surface area contributed by atoms with E-state index in [9.17, 15) is 45.8 Å². The van der Waals surface area contributed by atoms with E-state index in [1.807, 2.05) is 13.0 Å². The van der Waals surface area contributed by atoms with E-state index in [0.29, 0.717) is 12.0 Å². The molecule has 0 unspecified atom stereocenters. The lowest BCUT2D eigenvalue weighted by Crippen LogP contribution is -2.36. The van der Waals surface area contributed by atoms with Gasteiger partial charge in [0.15, 0.2) is 0 Å². The van der Waals surface area contributed by atoms with E-state index in [-0.39, 0.29) is 97.5 Å². The largest absolute Gasteiger partial charge is 0.506 e. The second-order valence-corrected chi connectivity index (χ2v) is 21.3. The molecule has 19 heteroatoms. The number of esters is 1. The fourth-order valence-electron chi connectivity index (χ4n) is 8.48. The van der Waals surface area contributed by atoms with Crippen LogP contribution in [0.4, 0.5) is 10.1 Å². The number of Topliss-reactive ketones (excluding diaryl/α,β-unsaturated/α-hetero) is 1. The summed E-state index contributed by atoms with van der Waals surface area (Å²) in [6.45, 7) is 1.26. The molecule has 6 aromatic rings. The first-order valence-corrected chi connectivity index (χ1v) is 26.7. The van der Waals surface area contributed by atoms with E-state index in [4.69, 9.17) is 9.47 Å². The monoisotopic (exact) mass is 1020 g/mol. The molecule has 2 aliphatic carbocycles. The van der Waals surface area contributed by atoms with Crippen LogP contribution in [0.1, 0.15) is 84.1 Å². The van der Waals surface area contributed by atoms with Gasteiger partial charge >= 0.3 is 11.9 Å². The number of carboxylic acid groups (broad SMARTS) is 1. The van der Waals surface area contributed by atoms with Crippen LogP contribution in [0, 0.1) is 5.82 Å². The van der Waals surface area contributed by atoms with Crippen molar-refractivity contribution < 1.29 is 55.3 Å². The number of thioether (sulfide) groups is 1. The zero-order valence-electron chi connectivity index (χ0n) is 38.4. The number of allylic oxidation sites excluding steroid dienone is 2. The molecule has 71 heavy (non-hydrogen) atoms. The van der Waals surface area contributed by atoms with Crippen molar-refractivity contribution in [3.63, 3.8) is 0 Å². The molecule has 0 amide bonds. The lowest BCUT2D eigenvalue weighted by molar-refractivity contribution is -0.135. The molecule has 15 nitrogen and oxygen atoms in total. The minimum absolute atomic E-state index is 0.00367. The summed E-state index contributed by atoms with van der Waals surface area (Å²) >= 11 is 0.784. The normalized spacial score (nSPS) is 14.8. The zero-order chi connectivity index (χ0) is 50.3. The SMILES string of the molecule is CCc1ccc(S(=O)(=O)Nc2cc(SCC(=O)O)c(O)c3ccc(OC(=O)CCN(COCc4cccc(F)c4)C4=CC(=NS(=O)(=O)c5cccc(C6CCCCC6)c5)c5cccnc5C4=O)cc23)cc1. The van der Waals surface area contributed by atoms with Crippen molar-refractivity contribution in [3.8, 4) is 11.5 Å². The molecule has 0 aliphatic heterocycles. The number of aromatic nitrogens is 1. The molecular weight excluding hydrogens is 972 g/mol. The highest BCUT2D eigenvalue weighted by molar-refractivity contribution is 8.00. The number of rotatable bonds is 19. The number of nitrogens with one attached hydrogen (secondary N) is 1. The molecule has 0 saturated heterocycles. The smallest absolute Gasteiger partial charge is 0.313 e. The number of hydrogen-bond donors (Lipinski definition) is 3. The van der Waals surface area contributed by atoms with Crippen LogP contribution in [0.5, 0.6) is 11.5 Å². The number of carbonyl (C=O) groups is 3. The average Bonchev–Trinajstić information content (AvgIpc) is 3.36. The first kappa shape index (κ1) is 50.5. The number of aromatic hydroxyl groups is 1. The van der Waals surface area contributed by atoms with E-state index in [2.05, 4.69) is 14.1 Å². The Bertz CT molecular complexity index is 3300. The molecule has 1 fully saturated rings. The number of nitrogens with zero attached hydrogens (tertiary/aromatic N) is 3. The molecule has 1 heterocycles. The van der Waals surface area contributed by atoms with E-state index in [1.165, 1.54) is 77.8 Å². The van der Waals surface area contributed by atoms with Gasteiger partial charge in [-0.05, 0) is 121 Å². The first-order chi connectivity index (χ1) is 34.1. The number of anilines is 1. The number of phenolic OH excluding ortho intramolecular Hbond substituents is 1. The summed E-state index contributed by atoms with van der Waals surface area (Å²) in [7, 11) is -8.56. The van der Waals surface area contributed by atoms with Crippen molar-refractivity contribution in [2.45, 2.75) is 79.1 Å². The molecule has 3 N–H and O–H groups in total. The molecule has 2 aliphatic rings. The Morgan fingerprint density at radius 2 is 1.66 bits per heavy atom. The first-order valence-electron chi connectivity index (χ1n) is 22.8. The summed E-state index contributed by atoms with van der Waals surface area (Å²) < 4.78 is 88.1. The van der Waals surface area contributed by atoms with Crippen LogP contribution < -0.4 is 9.46 Å². The number of pyridine rings is 1. The topological polar surface area (TPSA) is 219 Å². The Morgan fingerprint density at radius 3 is 2.41 bits per heavy atom. The van der Waals surface area contributed by atoms with Gasteiger partial charge in [0.2, 0.25) is 5.78 Å². The van der Waals surface area contributed by atoms with Crippen molar-refractivity contribution in [1.29, 1.82) is 0 Å². The van der Waals surface area contributed by atoms with Crippen molar-refractivity contribution in [1.82, 2.24) is 9.88 Å². The maximum Gasteiger partial charge on any atom is 0.313 e. The zero-order valence-corrected chi connectivity index (χ0v) is 40.9. The Labute approximate surface area is 414 Å². The number of ketones is 1.